The highest BCUT2D eigenvalue weighted by Crippen LogP contribution is 2.13. The zero-order chi connectivity index (χ0) is 12.2. The maximum Gasteiger partial charge on any atom is 0.245 e. The van der Waals surface area contributed by atoms with Crippen molar-refractivity contribution in [1.82, 2.24) is 14.1 Å². The Balaban J connectivity index is 2.89. The molecule has 6 nitrogen and oxygen atoms in total. The van der Waals surface area contributed by atoms with Gasteiger partial charge in [0, 0.05) is 19.8 Å². The fourth-order valence-corrected chi connectivity index (χ4v) is 2.54. The average Bonchev–Trinajstić information content (AvgIpc) is 2.68. The molecule has 0 aliphatic rings. The molecule has 1 N–H and O–H groups in total. The summed E-state index contributed by atoms with van der Waals surface area (Å²) in [6.45, 7) is 2.63. The average molecular weight is 247 g/mol. The lowest BCUT2D eigenvalue weighted by molar-refractivity contribution is 0.269. The quantitative estimate of drug-likeness (QED) is 0.762. The van der Waals surface area contributed by atoms with Gasteiger partial charge < -0.3 is 5.11 Å². The second-order valence-electron chi connectivity index (χ2n) is 3.49. The van der Waals surface area contributed by atoms with E-state index in [0.717, 1.165) is 6.42 Å². The van der Waals surface area contributed by atoms with E-state index < -0.39 is 10.0 Å². The minimum absolute atomic E-state index is 0.0635. The Kier molecular flexibility index (Phi) is 4.45. The minimum Gasteiger partial charge on any atom is -0.394 e. The standard InChI is InChI=1S/C9H17N3O3S/c1-3-4-11(2)16(14,15)9-7-10-12(8-9)5-6-13/h7-8,13H,3-6H2,1-2H3. The Hall–Kier alpha value is -0.920. The van der Waals surface area contributed by atoms with Crippen molar-refractivity contribution in [3.8, 4) is 0 Å². The zero-order valence-electron chi connectivity index (χ0n) is 9.50. The van der Waals surface area contributed by atoms with E-state index in [1.807, 2.05) is 6.92 Å². The molecule has 0 atom stereocenters. The third-order valence-corrected chi connectivity index (χ3v) is 4.00. The number of aliphatic hydroxyl groups is 1. The number of nitrogens with zero attached hydrogens (tertiary/aromatic N) is 3. The predicted molar refractivity (Wildman–Crippen MR) is 59.4 cm³/mol. The lowest BCUT2D eigenvalue weighted by Crippen LogP contribution is -2.27. The molecule has 1 heterocycles. The van der Waals surface area contributed by atoms with Crippen LogP contribution in [-0.4, -0.2) is 47.8 Å². The van der Waals surface area contributed by atoms with Gasteiger partial charge in [-0.3, -0.25) is 4.68 Å². The van der Waals surface area contributed by atoms with Crippen LogP contribution in [0.3, 0.4) is 0 Å². The summed E-state index contributed by atoms with van der Waals surface area (Å²) in [6, 6.07) is 0. The molecule has 1 aromatic heterocycles. The molecule has 0 spiro atoms. The summed E-state index contributed by atoms with van der Waals surface area (Å²) in [4.78, 5) is 0.164. The monoisotopic (exact) mass is 247 g/mol. The maximum atomic E-state index is 11.9. The van der Waals surface area contributed by atoms with E-state index in [1.165, 1.54) is 21.4 Å². The van der Waals surface area contributed by atoms with Gasteiger partial charge in [0.15, 0.2) is 0 Å². The second kappa shape index (κ2) is 5.42. The molecular formula is C9H17N3O3S. The molecular weight excluding hydrogens is 230 g/mol. The van der Waals surface area contributed by atoms with Crippen molar-refractivity contribution < 1.29 is 13.5 Å². The topological polar surface area (TPSA) is 75.4 Å². The molecule has 7 heteroatoms. The lowest BCUT2D eigenvalue weighted by atomic mass is 10.5. The van der Waals surface area contributed by atoms with Crippen LogP contribution in [0.25, 0.3) is 0 Å². The van der Waals surface area contributed by atoms with Crippen molar-refractivity contribution in [3.63, 3.8) is 0 Å². The number of aliphatic hydroxyl groups excluding tert-OH is 1. The van der Waals surface area contributed by atoms with Crippen LogP contribution >= 0.6 is 0 Å². The maximum absolute atomic E-state index is 11.9. The van der Waals surface area contributed by atoms with Crippen molar-refractivity contribution in [2.75, 3.05) is 20.2 Å². The molecule has 92 valence electrons. The van der Waals surface area contributed by atoms with E-state index in [4.69, 9.17) is 5.11 Å². The van der Waals surface area contributed by atoms with Crippen LogP contribution in [0.5, 0.6) is 0 Å². The summed E-state index contributed by atoms with van der Waals surface area (Å²) in [5.41, 5.74) is 0. The van der Waals surface area contributed by atoms with Crippen LogP contribution in [0.15, 0.2) is 17.3 Å². The smallest absolute Gasteiger partial charge is 0.245 e. The molecule has 0 aliphatic heterocycles. The van der Waals surface area contributed by atoms with Gasteiger partial charge in [-0.1, -0.05) is 6.92 Å². The van der Waals surface area contributed by atoms with Gasteiger partial charge in [0.1, 0.15) is 4.90 Å². The highest BCUT2D eigenvalue weighted by molar-refractivity contribution is 7.89. The fraction of sp³-hybridized carbons (Fsp3) is 0.667. The molecule has 0 aliphatic carbocycles. The van der Waals surface area contributed by atoms with Gasteiger partial charge in [0.25, 0.3) is 0 Å². The molecule has 0 radical (unpaired) electrons. The minimum atomic E-state index is -3.43. The van der Waals surface area contributed by atoms with Crippen LogP contribution in [0.2, 0.25) is 0 Å². The van der Waals surface area contributed by atoms with Gasteiger partial charge >= 0.3 is 0 Å². The van der Waals surface area contributed by atoms with E-state index in [-0.39, 0.29) is 11.5 Å². The van der Waals surface area contributed by atoms with Gasteiger partial charge in [-0.15, -0.1) is 0 Å². The number of rotatable bonds is 6. The zero-order valence-corrected chi connectivity index (χ0v) is 10.3. The first kappa shape index (κ1) is 13.1. The first-order chi connectivity index (χ1) is 7.52. The van der Waals surface area contributed by atoms with E-state index in [2.05, 4.69) is 5.10 Å². The molecule has 0 saturated carbocycles. The number of sulfonamides is 1. The van der Waals surface area contributed by atoms with Crippen molar-refractivity contribution in [2.45, 2.75) is 24.8 Å². The first-order valence-electron chi connectivity index (χ1n) is 5.12. The molecule has 1 rings (SSSR count). The molecule has 0 amide bonds. The van der Waals surface area contributed by atoms with Crippen molar-refractivity contribution in [3.05, 3.63) is 12.4 Å². The van der Waals surface area contributed by atoms with Crippen LogP contribution < -0.4 is 0 Å². The molecule has 1 aromatic rings. The summed E-state index contributed by atoms with van der Waals surface area (Å²) in [5.74, 6) is 0. The van der Waals surface area contributed by atoms with Gasteiger partial charge in [0.2, 0.25) is 10.0 Å². The van der Waals surface area contributed by atoms with E-state index in [9.17, 15) is 8.42 Å². The first-order valence-corrected chi connectivity index (χ1v) is 6.56. The molecule has 0 saturated heterocycles. The Morgan fingerprint density at radius 2 is 2.25 bits per heavy atom. The summed E-state index contributed by atoms with van der Waals surface area (Å²) in [7, 11) is -1.89. The Morgan fingerprint density at radius 1 is 1.56 bits per heavy atom. The van der Waals surface area contributed by atoms with E-state index in [1.54, 1.807) is 7.05 Å². The van der Waals surface area contributed by atoms with Gasteiger partial charge in [-0.05, 0) is 6.42 Å². The molecule has 0 bridgehead atoms. The Morgan fingerprint density at radius 3 is 2.81 bits per heavy atom. The summed E-state index contributed by atoms with van der Waals surface area (Å²) >= 11 is 0. The van der Waals surface area contributed by atoms with Gasteiger partial charge in [-0.2, -0.15) is 5.10 Å². The number of hydrogen-bond acceptors (Lipinski definition) is 4. The summed E-state index contributed by atoms with van der Waals surface area (Å²) in [6.07, 6.45) is 3.50. The normalized spacial score (nSPS) is 12.2. The summed E-state index contributed by atoms with van der Waals surface area (Å²) in [5, 5.41) is 12.6. The lowest BCUT2D eigenvalue weighted by Gasteiger charge is -2.14. The number of aromatic nitrogens is 2. The third-order valence-electron chi connectivity index (χ3n) is 2.19. The largest absolute Gasteiger partial charge is 0.394 e. The highest BCUT2D eigenvalue weighted by Gasteiger charge is 2.21. The van der Waals surface area contributed by atoms with Gasteiger partial charge in [-0.25, -0.2) is 12.7 Å². The molecule has 16 heavy (non-hydrogen) atoms. The van der Waals surface area contributed by atoms with Crippen LogP contribution in [0, 0.1) is 0 Å². The number of hydrogen-bond donors (Lipinski definition) is 1. The van der Waals surface area contributed by atoms with Crippen molar-refractivity contribution >= 4 is 10.0 Å². The Bertz CT molecular complexity index is 427. The summed E-state index contributed by atoms with van der Waals surface area (Å²) < 4.78 is 26.6. The fourth-order valence-electron chi connectivity index (χ4n) is 1.32. The molecule has 0 fully saturated rings. The Labute approximate surface area is 95.5 Å². The van der Waals surface area contributed by atoms with E-state index in [0.29, 0.717) is 13.1 Å². The van der Waals surface area contributed by atoms with Crippen LogP contribution in [0.4, 0.5) is 0 Å². The van der Waals surface area contributed by atoms with Crippen molar-refractivity contribution in [1.29, 1.82) is 0 Å². The second-order valence-corrected chi connectivity index (χ2v) is 5.53. The van der Waals surface area contributed by atoms with Gasteiger partial charge in [0.05, 0.1) is 19.3 Å². The third kappa shape index (κ3) is 2.81. The van der Waals surface area contributed by atoms with Crippen LogP contribution in [-0.2, 0) is 16.6 Å². The van der Waals surface area contributed by atoms with Crippen molar-refractivity contribution in [2.24, 2.45) is 0 Å². The predicted octanol–water partition coefficient (Wildman–Crippen LogP) is -0.0941. The van der Waals surface area contributed by atoms with Crippen LogP contribution in [0.1, 0.15) is 13.3 Å². The molecule has 0 aromatic carbocycles. The molecule has 0 unspecified atom stereocenters. The van der Waals surface area contributed by atoms with E-state index >= 15 is 0 Å². The SMILES string of the molecule is CCCN(C)S(=O)(=O)c1cnn(CCO)c1. The highest BCUT2D eigenvalue weighted by atomic mass is 32.2.